The zero-order valence-electron chi connectivity index (χ0n) is 16.5. The zero-order valence-corrected chi connectivity index (χ0v) is 19.7. The topological polar surface area (TPSA) is 90.2 Å². The van der Waals surface area contributed by atoms with Crippen molar-refractivity contribution in [1.82, 2.24) is 8.87 Å². The van der Waals surface area contributed by atoms with Gasteiger partial charge in [-0.15, -0.1) is 17.8 Å². The van der Waals surface area contributed by atoms with Crippen molar-refractivity contribution >= 4 is 60.4 Å². The maximum Gasteiger partial charge on any atom is 0.266 e. The number of carbonyl (C=O) groups is 1. The quantitative estimate of drug-likeness (QED) is 0.504. The van der Waals surface area contributed by atoms with E-state index in [-0.39, 0.29) is 24.1 Å². The molecule has 0 aliphatic carbocycles. The Morgan fingerprint density at radius 2 is 2.06 bits per heavy atom. The summed E-state index contributed by atoms with van der Waals surface area (Å²) in [5.74, 6) is 3.27. The van der Waals surface area contributed by atoms with Gasteiger partial charge in [-0.3, -0.25) is 4.79 Å². The summed E-state index contributed by atoms with van der Waals surface area (Å²) in [6.07, 6.45) is 6.52. The van der Waals surface area contributed by atoms with Gasteiger partial charge in [0.25, 0.3) is 15.9 Å². The lowest BCUT2D eigenvalue weighted by Gasteiger charge is -2.20. The van der Waals surface area contributed by atoms with E-state index in [9.17, 15) is 13.2 Å². The SMILES string of the molecule is C#CCn1c(=NC(=O)C2CCCN2S(=O)(=O)c2ccc(Cl)s2)sc2cc3c(cc21)OCO3. The van der Waals surface area contributed by atoms with Crippen molar-refractivity contribution < 1.29 is 22.7 Å². The highest BCUT2D eigenvalue weighted by Crippen LogP contribution is 2.37. The minimum Gasteiger partial charge on any atom is -0.454 e. The van der Waals surface area contributed by atoms with E-state index in [0.717, 1.165) is 21.6 Å². The molecule has 2 aliphatic rings. The van der Waals surface area contributed by atoms with Crippen molar-refractivity contribution in [2.75, 3.05) is 13.3 Å². The van der Waals surface area contributed by atoms with Gasteiger partial charge in [-0.1, -0.05) is 28.9 Å². The Morgan fingerprint density at radius 1 is 1.28 bits per heavy atom. The Balaban J connectivity index is 1.54. The highest BCUT2D eigenvalue weighted by atomic mass is 35.5. The Morgan fingerprint density at radius 3 is 2.78 bits per heavy atom. The number of halogens is 1. The molecule has 32 heavy (non-hydrogen) atoms. The molecule has 2 aliphatic heterocycles. The minimum atomic E-state index is -3.84. The minimum absolute atomic E-state index is 0.112. The summed E-state index contributed by atoms with van der Waals surface area (Å²) in [4.78, 5) is 17.8. The van der Waals surface area contributed by atoms with Gasteiger partial charge in [0.1, 0.15) is 10.3 Å². The van der Waals surface area contributed by atoms with Crippen LogP contribution in [0.3, 0.4) is 0 Å². The Kier molecular flexibility index (Phi) is 5.51. The molecule has 0 N–H and O–H groups in total. The molecule has 0 saturated carbocycles. The summed E-state index contributed by atoms with van der Waals surface area (Å²) in [5, 5.41) is 0. The van der Waals surface area contributed by atoms with E-state index in [0.29, 0.717) is 33.5 Å². The summed E-state index contributed by atoms with van der Waals surface area (Å²) in [5.41, 5.74) is 0.771. The summed E-state index contributed by atoms with van der Waals surface area (Å²) in [6, 6.07) is 5.74. The van der Waals surface area contributed by atoms with Gasteiger partial charge in [0, 0.05) is 18.7 Å². The van der Waals surface area contributed by atoms with Gasteiger partial charge in [0.2, 0.25) is 6.79 Å². The van der Waals surface area contributed by atoms with E-state index < -0.39 is 22.0 Å². The van der Waals surface area contributed by atoms with Crippen LogP contribution in [0, 0.1) is 12.3 Å². The van der Waals surface area contributed by atoms with Crippen molar-refractivity contribution in [2.45, 2.75) is 29.6 Å². The number of fused-ring (bicyclic) bond motifs is 2. The highest BCUT2D eigenvalue weighted by molar-refractivity contribution is 7.91. The summed E-state index contributed by atoms with van der Waals surface area (Å²) in [7, 11) is -3.84. The maximum absolute atomic E-state index is 13.1. The molecule has 0 spiro atoms. The number of terminal acetylenes is 1. The molecule has 1 aromatic carbocycles. The van der Waals surface area contributed by atoms with Crippen LogP contribution >= 0.6 is 34.3 Å². The standard InChI is InChI=1S/C20H16ClN3O5S3/c1-2-7-23-13-9-14-15(29-11-28-14)10-16(13)30-20(23)22-19(25)12-4-3-8-24(12)32(26,27)18-6-5-17(21)31-18/h1,5-6,9-10,12H,3-4,7-8,11H2. The molecule has 2 aromatic heterocycles. The maximum atomic E-state index is 13.1. The molecule has 0 radical (unpaired) electrons. The number of hydrogen-bond donors (Lipinski definition) is 0. The van der Waals surface area contributed by atoms with Crippen molar-refractivity contribution in [2.24, 2.45) is 4.99 Å². The second-order valence-corrected chi connectivity index (χ2v) is 12.0. The molecule has 12 heteroatoms. The third-order valence-electron chi connectivity index (χ3n) is 5.23. The van der Waals surface area contributed by atoms with E-state index in [1.165, 1.54) is 27.8 Å². The van der Waals surface area contributed by atoms with Crippen molar-refractivity contribution in [3.8, 4) is 23.8 Å². The summed E-state index contributed by atoms with van der Waals surface area (Å²) in [6.45, 7) is 0.604. The van der Waals surface area contributed by atoms with Gasteiger partial charge < -0.3 is 14.0 Å². The predicted molar refractivity (Wildman–Crippen MR) is 122 cm³/mol. The Labute approximate surface area is 196 Å². The van der Waals surface area contributed by atoms with Crippen LogP contribution in [-0.4, -0.2) is 42.6 Å². The lowest BCUT2D eigenvalue weighted by molar-refractivity contribution is -0.121. The van der Waals surface area contributed by atoms with Crippen LogP contribution in [0.2, 0.25) is 4.34 Å². The van der Waals surface area contributed by atoms with Crippen LogP contribution in [0.5, 0.6) is 11.5 Å². The zero-order chi connectivity index (χ0) is 22.5. The second-order valence-electron chi connectivity index (χ2n) is 7.13. The predicted octanol–water partition coefficient (Wildman–Crippen LogP) is 3.06. The average Bonchev–Trinajstić information content (AvgIpc) is 3.53. The summed E-state index contributed by atoms with van der Waals surface area (Å²) >= 11 is 8.17. The van der Waals surface area contributed by atoms with Crippen LogP contribution < -0.4 is 14.3 Å². The lowest BCUT2D eigenvalue weighted by atomic mass is 10.2. The van der Waals surface area contributed by atoms with Crippen LogP contribution in [-0.2, 0) is 21.4 Å². The Bertz CT molecular complexity index is 1450. The van der Waals surface area contributed by atoms with Crippen LogP contribution in [0.15, 0.2) is 33.5 Å². The number of nitrogens with zero attached hydrogens (tertiary/aromatic N) is 3. The number of benzene rings is 1. The molecule has 5 rings (SSSR count). The van der Waals surface area contributed by atoms with Crippen LogP contribution in [0.1, 0.15) is 12.8 Å². The number of thiazole rings is 1. The molecule has 0 bridgehead atoms. The van der Waals surface area contributed by atoms with Crippen molar-refractivity contribution in [3.05, 3.63) is 33.4 Å². The van der Waals surface area contributed by atoms with E-state index in [4.69, 9.17) is 27.5 Å². The third-order valence-corrected chi connectivity index (χ3v) is 9.88. The van der Waals surface area contributed by atoms with Gasteiger partial charge >= 0.3 is 0 Å². The summed E-state index contributed by atoms with van der Waals surface area (Å²) < 4.78 is 41.3. The smallest absolute Gasteiger partial charge is 0.266 e. The average molecular weight is 510 g/mol. The number of aromatic nitrogens is 1. The molecule has 8 nitrogen and oxygen atoms in total. The molecular weight excluding hydrogens is 494 g/mol. The molecule has 1 saturated heterocycles. The normalized spacial score (nSPS) is 19.0. The number of carbonyl (C=O) groups excluding carboxylic acids is 1. The number of thiophene rings is 1. The van der Waals surface area contributed by atoms with E-state index in [1.54, 1.807) is 4.57 Å². The number of sulfonamides is 1. The molecule has 4 heterocycles. The first-order chi connectivity index (χ1) is 15.4. The number of hydrogen-bond acceptors (Lipinski definition) is 7. The second kappa shape index (κ2) is 8.20. The van der Waals surface area contributed by atoms with E-state index in [2.05, 4.69) is 10.9 Å². The largest absolute Gasteiger partial charge is 0.454 e. The number of amides is 1. The number of rotatable bonds is 4. The lowest BCUT2D eigenvalue weighted by Crippen LogP contribution is -2.40. The molecule has 166 valence electrons. The highest BCUT2D eigenvalue weighted by Gasteiger charge is 2.40. The van der Waals surface area contributed by atoms with Crippen molar-refractivity contribution in [3.63, 3.8) is 0 Å². The van der Waals surface area contributed by atoms with Gasteiger partial charge in [-0.25, -0.2) is 8.42 Å². The van der Waals surface area contributed by atoms with Crippen LogP contribution in [0.25, 0.3) is 10.2 Å². The van der Waals surface area contributed by atoms with Gasteiger partial charge in [-0.2, -0.15) is 9.30 Å². The fourth-order valence-electron chi connectivity index (χ4n) is 3.78. The van der Waals surface area contributed by atoms with Gasteiger partial charge in [0.05, 0.1) is 21.1 Å². The molecule has 3 aromatic rings. The third kappa shape index (κ3) is 3.62. The molecule has 1 unspecified atom stereocenters. The van der Waals surface area contributed by atoms with E-state index in [1.807, 2.05) is 12.1 Å². The first-order valence-corrected chi connectivity index (χ1v) is 13.1. The number of ether oxygens (including phenoxy) is 2. The first-order valence-electron chi connectivity index (χ1n) is 9.60. The monoisotopic (exact) mass is 509 g/mol. The van der Waals surface area contributed by atoms with Gasteiger partial charge in [-0.05, 0) is 25.0 Å². The van der Waals surface area contributed by atoms with Crippen LogP contribution in [0.4, 0.5) is 0 Å². The van der Waals surface area contributed by atoms with Crippen molar-refractivity contribution in [1.29, 1.82) is 0 Å². The molecule has 1 fully saturated rings. The van der Waals surface area contributed by atoms with Gasteiger partial charge in [0.15, 0.2) is 16.3 Å². The molecule has 1 amide bonds. The molecular formula is C20H16ClN3O5S3. The van der Waals surface area contributed by atoms with E-state index >= 15 is 0 Å². The fourth-order valence-corrected chi connectivity index (χ4v) is 8.09. The Hall–Kier alpha value is -2.36. The fraction of sp³-hybridized carbons (Fsp3) is 0.300. The first kappa shape index (κ1) is 21.5. The molecule has 1 atom stereocenters.